The molecule has 3 N–H and O–H groups in total. The van der Waals surface area contributed by atoms with Crippen LogP contribution < -0.4 is 11.1 Å². The van der Waals surface area contributed by atoms with Gasteiger partial charge in [-0.2, -0.15) is 0 Å². The lowest BCUT2D eigenvalue weighted by atomic mass is 10.2. The molecule has 0 unspecified atom stereocenters. The van der Waals surface area contributed by atoms with E-state index in [0.717, 1.165) is 4.31 Å². The summed E-state index contributed by atoms with van der Waals surface area (Å²) in [5.74, 6) is -0.388. The Labute approximate surface area is 124 Å². The van der Waals surface area contributed by atoms with E-state index in [0.29, 0.717) is 0 Å². The number of ether oxygens (including phenoxy) is 1. The molecule has 1 rings (SSSR count). The Hall–Kier alpha value is -1.87. The van der Waals surface area contributed by atoms with Crippen molar-refractivity contribution in [2.75, 3.05) is 44.1 Å². The zero-order valence-electron chi connectivity index (χ0n) is 12.3. The van der Waals surface area contributed by atoms with E-state index in [1.807, 2.05) is 0 Å². The summed E-state index contributed by atoms with van der Waals surface area (Å²) in [6.45, 7) is 2.06. The van der Waals surface area contributed by atoms with E-state index in [1.54, 1.807) is 6.92 Å². The van der Waals surface area contributed by atoms with Gasteiger partial charge in [0.05, 0.1) is 23.6 Å². The molecule has 0 bridgehead atoms. The minimum Gasteiger partial charge on any atom is -0.462 e. The average Bonchev–Trinajstić information content (AvgIpc) is 2.40. The van der Waals surface area contributed by atoms with E-state index < -0.39 is 16.0 Å². The molecule has 0 aliphatic carbocycles. The van der Waals surface area contributed by atoms with E-state index in [-0.39, 0.29) is 36.0 Å². The normalized spacial score (nSPS) is 11.4. The number of anilines is 2. The van der Waals surface area contributed by atoms with Crippen LogP contribution in [0.25, 0.3) is 0 Å². The quantitative estimate of drug-likeness (QED) is 0.688. The molecule has 9 heteroatoms. The Morgan fingerprint density at radius 3 is 2.71 bits per heavy atom. The smallest absolute Gasteiger partial charge is 0.340 e. The molecule has 0 aliphatic rings. The summed E-state index contributed by atoms with van der Waals surface area (Å²) < 4.78 is 29.3. The average molecular weight is 316 g/mol. The predicted octanol–water partition coefficient (Wildman–Crippen LogP) is 0.144. The van der Waals surface area contributed by atoms with E-state index in [9.17, 15) is 13.2 Å². The van der Waals surface area contributed by atoms with E-state index in [2.05, 4.69) is 10.3 Å². The van der Waals surface area contributed by atoms with Crippen molar-refractivity contribution >= 4 is 27.5 Å². The molecule has 118 valence electrons. The Morgan fingerprint density at radius 2 is 2.14 bits per heavy atom. The van der Waals surface area contributed by atoms with Crippen LogP contribution in [-0.4, -0.2) is 56.7 Å². The standard InChI is InChI=1S/C12H20N4O4S/c1-4-20-12(17)9-5-6-14-11(10(9)13)15-7-8-21(18,19)16(2)3/h5-6H,4,7-8,13H2,1-3H3,(H,14,15). The highest BCUT2D eigenvalue weighted by molar-refractivity contribution is 7.89. The number of nitrogen functional groups attached to an aromatic ring is 1. The summed E-state index contributed by atoms with van der Waals surface area (Å²) >= 11 is 0. The Morgan fingerprint density at radius 1 is 1.48 bits per heavy atom. The summed E-state index contributed by atoms with van der Waals surface area (Å²) in [6, 6.07) is 1.45. The van der Waals surface area contributed by atoms with Crippen molar-refractivity contribution in [1.82, 2.24) is 9.29 Å². The lowest BCUT2D eigenvalue weighted by Crippen LogP contribution is -2.28. The third kappa shape index (κ3) is 4.57. The highest BCUT2D eigenvalue weighted by atomic mass is 32.2. The number of sulfonamides is 1. The largest absolute Gasteiger partial charge is 0.462 e. The molecule has 1 heterocycles. The number of nitrogens with one attached hydrogen (secondary N) is 1. The molecule has 0 saturated carbocycles. The first-order valence-corrected chi connectivity index (χ1v) is 7.96. The van der Waals surface area contributed by atoms with Gasteiger partial charge in [-0.15, -0.1) is 0 Å². The minimum absolute atomic E-state index is 0.106. The van der Waals surface area contributed by atoms with Crippen LogP contribution in [0.15, 0.2) is 12.3 Å². The molecule has 0 aliphatic heterocycles. The molecule has 0 atom stereocenters. The Kier molecular flexibility index (Phi) is 5.91. The molecule has 0 aromatic carbocycles. The van der Waals surface area contributed by atoms with Crippen LogP contribution in [-0.2, 0) is 14.8 Å². The van der Waals surface area contributed by atoms with Gasteiger partial charge >= 0.3 is 5.97 Å². The van der Waals surface area contributed by atoms with Crippen LogP contribution >= 0.6 is 0 Å². The highest BCUT2D eigenvalue weighted by Gasteiger charge is 2.16. The molecular weight excluding hydrogens is 296 g/mol. The molecular formula is C12H20N4O4S. The first-order valence-electron chi connectivity index (χ1n) is 6.35. The van der Waals surface area contributed by atoms with Crippen molar-refractivity contribution in [3.05, 3.63) is 17.8 Å². The van der Waals surface area contributed by atoms with Gasteiger partial charge in [0.25, 0.3) is 0 Å². The monoisotopic (exact) mass is 316 g/mol. The SMILES string of the molecule is CCOC(=O)c1ccnc(NCCS(=O)(=O)N(C)C)c1N. The number of rotatable bonds is 7. The minimum atomic E-state index is -3.31. The van der Waals surface area contributed by atoms with Gasteiger partial charge in [0.2, 0.25) is 10.0 Å². The number of esters is 1. The summed E-state index contributed by atoms with van der Waals surface area (Å²) in [5.41, 5.74) is 6.17. The molecule has 0 saturated heterocycles. The molecule has 0 spiro atoms. The predicted molar refractivity (Wildman–Crippen MR) is 80.6 cm³/mol. The number of hydrogen-bond donors (Lipinski definition) is 2. The zero-order valence-corrected chi connectivity index (χ0v) is 13.1. The van der Waals surface area contributed by atoms with Gasteiger partial charge in [0.1, 0.15) is 5.82 Å². The van der Waals surface area contributed by atoms with Crippen LogP contribution in [0.3, 0.4) is 0 Å². The van der Waals surface area contributed by atoms with Crippen LogP contribution in [0.2, 0.25) is 0 Å². The Balaban J connectivity index is 2.77. The summed E-state index contributed by atoms with van der Waals surface area (Å²) in [5, 5.41) is 2.81. The van der Waals surface area contributed by atoms with Crippen molar-refractivity contribution in [3.8, 4) is 0 Å². The third-order valence-electron chi connectivity index (χ3n) is 2.69. The maximum absolute atomic E-state index is 11.7. The van der Waals surface area contributed by atoms with Crippen LogP contribution in [0.1, 0.15) is 17.3 Å². The lowest BCUT2D eigenvalue weighted by molar-refractivity contribution is 0.0527. The second-order valence-corrected chi connectivity index (χ2v) is 6.67. The molecule has 1 aromatic heterocycles. The highest BCUT2D eigenvalue weighted by Crippen LogP contribution is 2.20. The number of nitrogens with two attached hydrogens (primary N) is 1. The molecule has 0 radical (unpaired) electrons. The topological polar surface area (TPSA) is 115 Å². The number of carbonyl (C=O) groups excluding carboxylic acids is 1. The van der Waals surface area contributed by atoms with Gasteiger partial charge in [-0.1, -0.05) is 0 Å². The number of carbonyl (C=O) groups is 1. The molecule has 0 fully saturated rings. The fourth-order valence-corrected chi connectivity index (χ4v) is 2.21. The Bertz CT molecular complexity index is 601. The third-order valence-corrected chi connectivity index (χ3v) is 4.53. The lowest BCUT2D eigenvalue weighted by Gasteiger charge is -2.13. The van der Waals surface area contributed by atoms with Crippen molar-refractivity contribution in [1.29, 1.82) is 0 Å². The molecule has 0 amide bonds. The van der Waals surface area contributed by atoms with Gasteiger partial charge in [0, 0.05) is 26.8 Å². The van der Waals surface area contributed by atoms with E-state index in [4.69, 9.17) is 10.5 Å². The van der Waals surface area contributed by atoms with Crippen LogP contribution in [0, 0.1) is 0 Å². The van der Waals surface area contributed by atoms with Crippen molar-refractivity contribution in [2.24, 2.45) is 0 Å². The summed E-state index contributed by atoms with van der Waals surface area (Å²) in [6.07, 6.45) is 1.41. The van der Waals surface area contributed by atoms with Gasteiger partial charge in [-0.05, 0) is 13.0 Å². The first kappa shape index (κ1) is 17.2. The maximum atomic E-state index is 11.7. The molecule has 8 nitrogen and oxygen atoms in total. The van der Waals surface area contributed by atoms with E-state index in [1.165, 1.54) is 26.4 Å². The van der Waals surface area contributed by atoms with Gasteiger partial charge in [-0.3, -0.25) is 0 Å². The zero-order chi connectivity index (χ0) is 16.0. The number of pyridine rings is 1. The van der Waals surface area contributed by atoms with Gasteiger partial charge < -0.3 is 15.8 Å². The maximum Gasteiger partial charge on any atom is 0.340 e. The van der Waals surface area contributed by atoms with Crippen molar-refractivity contribution in [3.63, 3.8) is 0 Å². The van der Waals surface area contributed by atoms with Crippen LogP contribution in [0.4, 0.5) is 11.5 Å². The van der Waals surface area contributed by atoms with Gasteiger partial charge in [0.15, 0.2) is 0 Å². The second-order valence-electron chi connectivity index (χ2n) is 4.37. The fraction of sp³-hybridized carbons (Fsp3) is 0.500. The number of nitrogens with zero attached hydrogens (tertiary/aromatic N) is 2. The van der Waals surface area contributed by atoms with Crippen LogP contribution in [0.5, 0.6) is 0 Å². The second kappa shape index (κ2) is 7.23. The van der Waals surface area contributed by atoms with Gasteiger partial charge in [-0.25, -0.2) is 22.5 Å². The number of aromatic nitrogens is 1. The van der Waals surface area contributed by atoms with Crippen molar-refractivity contribution in [2.45, 2.75) is 6.92 Å². The summed E-state index contributed by atoms with van der Waals surface area (Å²) in [4.78, 5) is 15.7. The number of hydrogen-bond acceptors (Lipinski definition) is 7. The molecule has 1 aromatic rings. The van der Waals surface area contributed by atoms with E-state index >= 15 is 0 Å². The molecule has 21 heavy (non-hydrogen) atoms. The van der Waals surface area contributed by atoms with Crippen molar-refractivity contribution < 1.29 is 17.9 Å². The first-order chi connectivity index (χ1) is 9.79. The fourth-order valence-electron chi connectivity index (χ4n) is 1.48. The summed E-state index contributed by atoms with van der Waals surface area (Å²) in [7, 11) is -0.382.